The topological polar surface area (TPSA) is 61.4 Å². The van der Waals surface area contributed by atoms with Crippen LogP contribution in [0, 0.1) is 6.92 Å². The summed E-state index contributed by atoms with van der Waals surface area (Å²) < 4.78 is 4.54. The zero-order valence-corrected chi connectivity index (χ0v) is 18.4. The molecule has 0 unspecified atom stereocenters. The SMILES string of the molecule is Cc1ccc(Cc2nsc(N3CCCN(C(=O)Nc4ccc(Cl)cc4)CC3)n2)cc1. The number of rotatable bonds is 4. The van der Waals surface area contributed by atoms with Crippen molar-refractivity contribution in [3.05, 3.63) is 70.5 Å². The van der Waals surface area contributed by atoms with Crippen LogP contribution >= 0.6 is 23.1 Å². The molecule has 0 spiro atoms. The Balaban J connectivity index is 1.33. The van der Waals surface area contributed by atoms with Crippen LogP contribution in [0.2, 0.25) is 5.02 Å². The van der Waals surface area contributed by atoms with Gasteiger partial charge in [0.1, 0.15) is 5.82 Å². The van der Waals surface area contributed by atoms with E-state index in [9.17, 15) is 4.79 Å². The lowest BCUT2D eigenvalue weighted by molar-refractivity contribution is 0.215. The van der Waals surface area contributed by atoms with E-state index >= 15 is 0 Å². The number of carbonyl (C=O) groups excluding carboxylic acids is 1. The van der Waals surface area contributed by atoms with Gasteiger partial charge in [0.05, 0.1) is 0 Å². The van der Waals surface area contributed by atoms with Gasteiger partial charge in [0.2, 0.25) is 5.13 Å². The van der Waals surface area contributed by atoms with E-state index in [2.05, 4.69) is 45.8 Å². The smallest absolute Gasteiger partial charge is 0.321 e. The molecule has 1 aliphatic rings. The van der Waals surface area contributed by atoms with Gasteiger partial charge in [0.25, 0.3) is 0 Å². The van der Waals surface area contributed by atoms with Crippen molar-refractivity contribution in [2.75, 3.05) is 36.4 Å². The molecule has 0 saturated carbocycles. The Morgan fingerprint density at radius 1 is 1.07 bits per heavy atom. The van der Waals surface area contributed by atoms with E-state index in [1.807, 2.05) is 4.90 Å². The van der Waals surface area contributed by atoms with Crippen molar-refractivity contribution in [1.29, 1.82) is 0 Å². The van der Waals surface area contributed by atoms with Crippen LogP contribution < -0.4 is 10.2 Å². The summed E-state index contributed by atoms with van der Waals surface area (Å²) in [5, 5.41) is 4.52. The second kappa shape index (κ2) is 9.45. The molecule has 0 aliphatic carbocycles. The summed E-state index contributed by atoms with van der Waals surface area (Å²) in [6.45, 7) is 5.05. The average Bonchev–Trinajstić information content (AvgIpc) is 3.06. The number of anilines is 2. The Labute approximate surface area is 185 Å². The molecule has 0 bridgehead atoms. The van der Waals surface area contributed by atoms with E-state index < -0.39 is 0 Å². The molecule has 30 heavy (non-hydrogen) atoms. The average molecular weight is 442 g/mol. The monoisotopic (exact) mass is 441 g/mol. The highest BCUT2D eigenvalue weighted by atomic mass is 35.5. The van der Waals surface area contributed by atoms with Crippen LogP contribution in [-0.4, -0.2) is 46.5 Å². The lowest BCUT2D eigenvalue weighted by Crippen LogP contribution is -2.38. The summed E-state index contributed by atoms with van der Waals surface area (Å²) in [5.74, 6) is 0.848. The molecule has 1 aromatic heterocycles. The number of amides is 2. The number of benzene rings is 2. The first kappa shape index (κ1) is 20.6. The van der Waals surface area contributed by atoms with Crippen molar-refractivity contribution in [3.8, 4) is 0 Å². The first-order valence-corrected chi connectivity index (χ1v) is 11.2. The Kier molecular flexibility index (Phi) is 6.50. The van der Waals surface area contributed by atoms with Gasteiger partial charge in [0.15, 0.2) is 0 Å². The molecule has 2 amide bonds. The number of aryl methyl sites for hydroxylation is 1. The van der Waals surface area contributed by atoms with Crippen molar-refractivity contribution >= 4 is 40.0 Å². The summed E-state index contributed by atoms with van der Waals surface area (Å²) in [6.07, 6.45) is 1.63. The number of carbonyl (C=O) groups is 1. The number of urea groups is 1. The number of nitrogens with zero attached hydrogens (tertiary/aromatic N) is 4. The van der Waals surface area contributed by atoms with E-state index in [0.717, 1.165) is 42.6 Å². The second-order valence-corrected chi connectivity index (χ2v) is 8.59. The molecular formula is C22H24ClN5OS. The normalized spacial score (nSPS) is 14.5. The van der Waals surface area contributed by atoms with Crippen molar-refractivity contribution in [2.24, 2.45) is 0 Å². The van der Waals surface area contributed by atoms with Crippen molar-refractivity contribution in [3.63, 3.8) is 0 Å². The third-order valence-electron chi connectivity index (χ3n) is 5.09. The number of hydrogen-bond donors (Lipinski definition) is 1. The zero-order valence-electron chi connectivity index (χ0n) is 16.8. The number of aromatic nitrogens is 2. The van der Waals surface area contributed by atoms with Gasteiger partial charge in [0, 0.05) is 54.8 Å². The largest absolute Gasteiger partial charge is 0.345 e. The summed E-state index contributed by atoms with van der Waals surface area (Å²) in [6, 6.07) is 15.5. The third kappa shape index (κ3) is 5.29. The Bertz CT molecular complexity index is 990. The van der Waals surface area contributed by atoms with Gasteiger partial charge in [-0.2, -0.15) is 4.37 Å². The van der Waals surface area contributed by atoms with Crippen LogP contribution in [0.4, 0.5) is 15.6 Å². The fourth-order valence-electron chi connectivity index (χ4n) is 3.38. The van der Waals surface area contributed by atoms with Crippen molar-refractivity contribution < 1.29 is 4.79 Å². The summed E-state index contributed by atoms with van der Waals surface area (Å²) in [5.41, 5.74) is 3.21. The van der Waals surface area contributed by atoms with Crippen molar-refractivity contribution in [1.82, 2.24) is 14.3 Å². The van der Waals surface area contributed by atoms with Crippen LogP contribution in [0.25, 0.3) is 0 Å². The zero-order chi connectivity index (χ0) is 20.9. The van der Waals surface area contributed by atoms with Crippen LogP contribution in [0.5, 0.6) is 0 Å². The van der Waals surface area contributed by atoms with Gasteiger partial charge < -0.3 is 15.1 Å². The first-order valence-electron chi connectivity index (χ1n) is 10.0. The van der Waals surface area contributed by atoms with E-state index in [4.69, 9.17) is 16.6 Å². The van der Waals surface area contributed by atoms with Gasteiger partial charge in [-0.3, -0.25) is 0 Å². The molecule has 1 fully saturated rings. The maximum absolute atomic E-state index is 12.6. The predicted octanol–water partition coefficient (Wildman–Crippen LogP) is 4.83. The minimum absolute atomic E-state index is 0.0866. The fraction of sp³-hybridized carbons (Fsp3) is 0.318. The molecule has 8 heteroatoms. The lowest BCUT2D eigenvalue weighted by Gasteiger charge is -2.22. The van der Waals surface area contributed by atoms with Crippen LogP contribution in [0.3, 0.4) is 0 Å². The number of halogens is 1. The first-order chi connectivity index (χ1) is 14.6. The maximum Gasteiger partial charge on any atom is 0.321 e. The second-order valence-electron chi connectivity index (χ2n) is 7.42. The van der Waals surface area contributed by atoms with E-state index in [0.29, 0.717) is 18.1 Å². The maximum atomic E-state index is 12.6. The molecule has 1 saturated heterocycles. The lowest BCUT2D eigenvalue weighted by atomic mass is 10.1. The molecule has 1 N–H and O–H groups in total. The van der Waals surface area contributed by atoms with Gasteiger partial charge >= 0.3 is 6.03 Å². The molecule has 156 valence electrons. The van der Waals surface area contributed by atoms with Crippen LogP contribution in [0.1, 0.15) is 23.4 Å². The van der Waals surface area contributed by atoms with Gasteiger partial charge in [-0.05, 0) is 43.2 Å². The highest BCUT2D eigenvalue weighted by molar-refractivity contribution is 7.09. The highest BCUT2D eigenvalue weighted by Gasteiger charge is 2.21. The summed E-state index contributed by atoms with van der Waals surface area (Å²) >= 11 is 7.34. The van der Waals surface area contributed by atoms with Crippen LogP contribution in [0.15, 0.2) is 48.5 Å². The molecule has 2 heterocycles. The van der Waals surface area contributed by atoms with E-state index in [-0.39, 0.29) is 6.03 Å². The minimum atomic E-state index is -0.0866. The molecular weight excluding hydrogens is 418 g/mol. The van der Waals surface area contributed by atoms with Gasteiger partial charge in [-0.25, -0.2) is 9.78 Å². The Morgan fingerprint density at radius 3 is 2.60 bits per heavy atom. The molecule has 0 atom stereocenters. The highest BCUT2D eigenvalue weighted by Crippen LogP contribution is 2.21. The van der Waals surface area contributed by atoms with Gasteiger partial charge in [-0.1, -0.05) is 41.4 Å². The molecule has 1 aliphatic heterocycles. The number of nitrogens with one attached hydrogen (secondary N) is 1. The summed E-state index contributed by atoms with van der Waals surface area (Å²) in [7, 11) is 0. The molecule has 4 rings (SSSR count). The Morgan fingerprint density at radius 2 is 1.83 bits per heavy atom. The third-order valence-corrected chi connectivity index (χ3v) is 6.16. The molecule has 6 nitrogen and oxygen atoms in total. The molecule has 3 aromatic rings. The Hall–Kier alpha value is -2.64. The van der Waals surface area contributed by atoms with Crippen molar-refractivity contribution in [2.45, 2.75) is 19.8 Å². The fourth-order valence-corrected chi connectivity index (χ4v) is 4.24. The molecule has 2 aromatic carbocycles. The van der Waals surface area contributed by atoms with Crippen LogP contribution in [-0.2, 0) is 6.42 Å². The van der Waals surface area contributed by atoms with Gasteiger partial charge in [-0.15, -0.1) is 0 Å². The minimum Gasteiger partial charge on any atom is -0.345 e. The summed E-state index contributed by atoms with van der Waals surface area (Å²) in [4.78, 5) is 21.4. The quantitative estimate of drug-likeness (QED) is 0.629. The number of hydrogen-bond acceptors (Lipinski definition) is 5. The molecule has 0 radical (unpaired) electrons. The van der Waals surface area contributed by atoms with E-state index in [1.54, 1.807) is 24.3 Å². The predicted molar refractivity (Wildman–Crippen MR) is 123 cm³/mol. The van der Waals surface area contributed by atoms with E-state index in [1.165, 1.54) is 22.7 Å². The standard InChI is InChI=1S/C22H24ClN5OS/c1-16-3-5-17(6-4-16)15-20-25-22(30-26-20)28-12-2-11-27(13-14-28)21(29)24-19-9-7-18(23)8-10-19/h3-10H,2,11-15H2,1H3,(H,24,29).